The first-order valence-corrected chi connectivity index (χ1v) is 7.44. The van der Waals surface area contributed by atoms with Crippen molar-refractivity contribution in [3.05, 3.63) is 70.8 Å². The first-order chi connectivity index (χ1) is 10.3. The summed E-state index contributed by atoms with van der Waals surface area (Å²) in [4.78, 5) is 0. The third kappa shape index (κ3) is 2.86. The molecule has 0 saturated heterocycles. The highest BCUT2D eigenvalue weighted by molar-refractivity contribution is 5.77. The summed E-state index contributed by atoms with van der Waals surface area (Å²) in [5.41, 5.74) is 12.8. The van der Waals surface area contributed by atoms with Gasteiger partial charge >= 0.3 is 0 Å². The molecule has 2 N–H and O–H groups in total. The van der Waals surface area contributed by atoms with Crippen LogP contribution in [0.2, 0.25) is 0 Å². The van der Waals surface area contributed by atoms with Crippen molar-refractivity contribution in [3.8, 4) is 5.75 Å². The van der Waals surface area contributed by atoms with Crippen LogP contribution in [-0.4, -0.2) is 13.7 Å². The van der Waals surface area contributed by atoms with Gasteiger partial charge in [0, 0.05) is 0 Å². The Morgan fingerprint density at radius 2 is 1.90 bits per heavy atom. The van der Waals surface area contributed by atoms with Gasteiger partial charge in [0.25, 0.3) is 0 Å². The Kier molecular flexibility index (Phi) is 4.07. The molecule has 21 heavy (non-hydrogen) atoms. The van der Waals surface area contributed by atoms with E-state index >= 15 is 0 Å². The van der Waals surface area contributed by atoms with E-state index in [0.29, 0.717) is 6.54 Å². The zero-order valence-corrected chi connectivity index (χ0v) is 12.4. The summed E-state index contributed by atoms with van der Waals surface area (Å²) < 4.78 is 5.37. The lowest BCUT2D eigenvalue weighted by Crippen LogP contribution is -2.01. The van der Waals surface area contributed by atoms with E-state index in [1.54, 1.807) is 7.11 Å². The summed E-state index contributed by atoms with van der Waals surface area (Å²) in [5.74, 6) is 0.921. The predicted molar refractivity (Wildman–Crippen MR) is 87.4 cm³/mol. The number of hydrogen-bond donors (Lipinski definition) is 1. The SMILES string of the molecule is COc1ccc2c(c1)C(CCN)=C(Cc1ccccc1)C2. The number of fused-ring (bicyclic) bond motifs is 1. The quantitative estimate of drug-likeness (QED) is 0.907. The summed E-state index contributed by atoms with van der Waals surface area (Å²) in [6, 6.07) is 17.0. The van der Waals surface area contributed by atoms with E-state index in [-0.39, 0.29) is 0 Å². The van der Waals surface area contributed by atoms with Gasteiger partial charge < -0.3 is 10.5 Å². The minimum Gasteiger partial charge on any atom is -0.497 e. The van der Waals surface area contributed by atoms with E-state index in [4.69, 9.17) is 10.5 Å². The van der Waals surface area contributed by atoms with E-state index in [1.165, 1.54) is 27.8 Å². The molecule has 0 atom stereocenters. The molecule has 2 nitrogen and oxygen atoms in total. The third-order valence-electron chi connectivity index (χ3n) is 4.13. The second-order valence-corrected chi connectivity index (χ2v) is 5.48. The molecule has 1 aliphatic carbocycles. The molecule has 0 bridgehead atoms. The average molecular weight is 279 g/mol. The maximum Gasteiger partial charge on any atom is 0.119 e. The molecule has 0 fully saturated rings. The third-order valence-corrected chi connectivity index (χ3v) is 4.13. The van der Waals surface area contributed by atoms with Crippen molar-refractivity contribution in [1.29, 1.82) is 0 Å². The molecule has 108 valence electrons. The van der Waals surface area contributed by atoms with Crippen LogP contribution in [0.5, 0.6) is 5.75 Å². The summed E-state index contributed by atoms with van der Waals surface area (Å²) in [7, 11) is 1.72. The Balaban J connectivity index is 1.96. The van der Waals surface area contributed by atoms with Crippen LogP contribution in [0.4, 0.5) is 0 Å². The summed E-state index contributed by atoms with van der Waals surface area (Å²) in [6.07, 6.45) is 2.97. The second kappa shape index (κ2) is 6.15. The fraction of sp³-hybridized carbons (Fsp3) is 0.263. The molecule has 0 aromatic heterocycles. The monoisotopic (exact) mass is 279 g/mol. The van der Waals surface area contributed by atoms with Crippen molar-refractivity contribution in [3.63, 3.8) is 0 Å². The number of rotatable bonds is 5. The normalized spacial score (nSPS) is 13.4. The van der Waals surface area contributed by atoms with Crippen molar-refractivity contribution < 1.29 is 4.74 Å². The smallest absolute Gasteiger partial charge is 0.119 e. The maximum atomic E-state index is 5.83. The molecule has 2 heteroatoms. The Morgan fingerprint density at radius 1 is 1.10 bits per heavy atom. The van der Waals surface area contributed by atoms with Gasteiger partial charge in [-0.2, -0.15) is 0 Å². The minimum absolute atomic E-state index is 0.685. The lowest BCUT2D eigenvalue weighted by molar-refractivity contribution is 0.414. The second-order valence-electron chi connectivity index (χ2n) is 5.48. The van der Waals surface area contributed by atoms with Crippen LogP contribution in [-0.2, 0) is 12.8 Å². The topological polar surface area (TPSA) is 35.2 Å². The minimum atomic E-state index is 0.685. The number of benzene rings is 2. The van der Waals surface area contributed by atoms with Crippen molar-refractivity contribution in [2.45, 2.75) is 19.3 Å². The summed E-state index contributed by atoms with van der Waals surface area (Å²) in [5, 5.41) is 0. The zero-order chi connectivity index (χ0) is 14.7. The summed E-state index contributed by atoms with van der Waals surface area (Å²) >= 11 is 0. The maximum absolute atomic E-state index is 5.83. The number of nitrogens with two attached hydrogens (primary N) is 1. The molecule has 0 spiro atoms. The Labute approximate surface area is 126 Å². The molecule has 0 amide bonds. The molecular weight excluding hydrogens is 258 g/mol. The molecule has 2 aromatic carbocycles. The predicted octanol–water partition coefficient (Wildman–Crippen LogP) is 3.60. The highest BCUT2D eigenvalue weighted by atomic mass is 16.5. The fourth-order valence-corrected chi connectivity index (χ4v) is 3.11. The molecule has 0 radical (unpaired) electrons. The molecule has 0 heterocycles. The van der Waals surface area contributed by atoms with Crippen molar-refractivity contribution in [2.24, 2.45) is 5.73 Å². The lowest BCUT2D eigenvalue weighted by atomic mass is 9.98. The van der Waals surface area contributed by atoms with E-state index in [0.717, 1.165) is 25.0 Å². The molecule has 0 unspecified atom stereocenters. The summed E-state index contributed by atoms with van der Waals surface area (Å²) in [6.45, 7) is 0.685. The molecule has 3 rings (SSSR count). The van der Waals surface area contributed by atoms with Crippen molar-refractivity contribution in [2.75, 3.05) is 13.7 Å². The molecule has 1 aliphatic rings. The number of allylic oxidation sites excluding steroid dienone is 1. The molecular formula is C19H21NO. The van der Waals surface area contributed by atoms with Crippen molar-refractivity contribution in [1.82, 2.24) is 0 Å². The Bertz CT molecular complexity index is 659. The van der Waals surface area contributed by atoms with Crippen LogP contribution in [0.15, 0.2) is 54.1 Å². The van der Waals surface area contributed by atoms with Crippen molar-refractivity contribution >= 4 is 5.57 Å². The van der Waals surface area contributed by atoms with Crippen LogP contribution < -0.4 is 10.5 Å². The Morgan fingerprint density at radius 3 is 2.62 bits per heavy atom. The van der Waals surface area contributed by atoms with Crippen LogP contribution in [0.3, 0.4) is 0 Å². The molecule has 0 aliphatic heterocycles. The lowest BCUT2D eigenvalue weighted by Gasteiger charge is -2.09. The van der Waals surface area contributed by atoms with E-state index in [9.17, 15) is 0 Å². The van der Waals surface area contributed by atoms with E-state index in [2.05, 4.69) is 42.5 Å². The first kappa shape index (κ1) is 13.9. The largest absolute Gasteiger partial charge is 0.497 e. The van der Waals surface area contributed by atoms with Gasteiger partial charge in [0.1, 0.15) is 5.75 Å². The van der Waals surface area contributed by atoms with Gasteiger partial charge in [0.15, 0.2) is 0 Å². The first-order valence-electron chi connectivity index (χ1n) is 7.44. The van der Waals surface area contributed by atoms with Gasteiger partial charge in [0.05, 0.1) is 7.11 Å². The van der Waals surface area contributed by atoms with Crippen LogP contribution in [0.1, 0.15) is 23.1 Å². The number of hydrogen-bond acceptors (Lipinski definition) is 2. The zero-order valence-electron chi connectivity index (χ0n) is 12.4. The fourth-order valence-electron chi connectivity index (χ4n) is 3.11. The average Bonchev–Trinajstić information content (AvgIpc) is 2.85. The van der Waals surface area contributed by atoms with Gasteiger partial charge in [-0.25, -0.2) is 0 Å². The Hall–Kier alpha value is -2.06. The van der Waals surface area contributed by atoms with Crippen LogP contribution in [0, 0.1) is 0 Å². The van der Waals surface area contributed by atoms with Crippen LogP contribution >= 0.6 is 0 Å². The number of ether oxygens (including phenoxy) is 1. The van der Waals surface area contributed by atoms with E-state index < -0.39 is 0 Å². The highest BCUT2D eigenvalue weighted by Gasteiger charge is 2.21. The van der Waals surface area contributed by atoms with Gasteiger partial charge in [-0.05, 0) is 60.2 Å². The standard InChI is InChI=1S/C19H21NO/c1-21-17-8-7-15-12-16(11-14-5-3-2-4-6-14)18(9-10-20)19(15)13-17/h2-8,13H,9-12,20H2,1H3. The molecule has 0 saturated carbocycles. The van der Waals surface area contributed by atoms with Gasteiger partial charge in [-0.15, -0.1) is 0 Å². The van der Waals surface area contributed by atoms with Crippen LogP contribution in [0.25, 0.3) is 5.57 Å². The van der Waals surface area contributed by atoms with Gasteiger partial charge in [0.2, 0.25) is 0 Å². The van der Waals surface area contributed by atoms with Gasteiger partial charge in [-0.3, -0.25) is 0 Å². The molecule has 2 aromatic rings. The van der Waals surface area contributed by atoms with E-state index in [1.807, 2.05) is 6.07 Å². The van der Waals surface area contributed by atoms with Gasteiger partial charge in [-0.1, -0.05) is 42.0 Å². The number of methoxy groups -OCH3 is 1. The highest BCUT2D eigenvalue weighted by Crippen LogP contribution is 2.38.